The molecule has 8 heteroatoms. The Morgan fingerprint density at radius 3 is 2.80 bits per heavy atom. The number of hydrogen-bond acceptors (Lipinski definition) is 4. The third-order valence-corrected chi connectivity index (χ3v) is 4.10. The van der Waals surface area contributed by atoms with Gasteiger partial charge in [0.15, 0.2) is 0 Å². The smallest absolute Gasteiger partial charge is 0.316 e. The first-order valence-corrected chi connectivity index (χ1v) is 6.96. The highest BCUT2D eigenvalue weighted by atomic mass is 19.4. The minimum absolute atomic E-state index is 0.320. The van der Waals surface area contributed by atoms with Crippen LogP contribution in [0.15, 0.2) is 0 Å². The first kappa shape index (κ1) is 13.8. The van der Waals surface area contributed by atoms with Crippen LogP contribution in [-0.2, 0) is 19.3 Å². The molecular weight excluding hydrogens is 271 g/mol. The van der Waals surface area contributed by atoms with Gasteiger partial charge in [0.25, 0.3) is 0 Å². The van der Waals surface area contributed by atoms with Crippen molar-refractivity contribution in [3.8, 4) is 0 Å². The second-order valence-corrected chi connectivity index (χ2v) is 5.51. The monoisotopic (exact) mass is 289 g/mol. The molecule has 0 bridgehead atoms. The van der Waals surface area contributed by atoms with E-state index in [0.29, 0.717) is 31.4 Å². The summed E-state index contributed by atoms with van der Waals surface area (Å²) in [5.41, 5.74) is 0. The quantitative estimate of drug-likeness (QED) is 0.905. The Bertz CT molecular complexity index is 464. The molecule has 0 aliphatic carbocycles. The molecule has 0 amide bonds. The number of alkyl halides is 3. The molecule has 0 radical (unpaired) electrons. The number of aromatic nitrogens is 3. The Labute approximate surface area is 115 Å². The summed E-state index contributed by atoms with van der Waals surface area (Å²) in [5.74, 6) is 0.251. The lowest BCUT2D eigenvalue weighted by Gasteiger charge is -2.28. The van der Waals surface area contributed by atoms with E-state index in [4.69, 9.17) is 0 Å². The highest BCUT2D eigenvalue weighted by molar-refractivity contribution is 5.02. The topological polar surface area (TPSA) is 46.0 Å². The maximum atomic E-state index is 12.7. The number of nitrogens with zero attached hydrogens (tertiary/aromatic N) is 4. The van der Waals surface area contributed by atoms with E-state index < -0.39 is 12.0 Å². The molecule has 0 aromatic carbocycles. The van der Waals surface area contributed by atoms with Gasteiger partial charge in [-0.05, 0) is 38.4 Å². The van der Waals surface area contributed by atoms with Gasteiger partial charge in [-0.1, -0.05) is 0 Å². The summed E-state index contributed by atoms with van der Waals surface area (Å²) < 4.78 is 39.3. The lowest BCUT2D eigenvalue weighted by atomic mass is 10.0. The van der Waals surface area contributed by atoms with Gasteiger partial charge in [0.1, 0.15) is 5.82 Å². The van der Waals surface area contributed by atoms with E-state index in [-0.39, 0.29) is 0 Å². The minimum atomic E-state index is -4.41. The van der Waals surface area contributed by atoms with Gasteiger partial charge in [0.2, 0.25) is 5.82 Å². The molecule has 1 unspecified atom stereocenters. The van der Waals surface area contributed by atoms with Crippen molar-refractivity contribution in [1.82, 2.24) is 25.0 Å². The molecule has 0 spiro atoms. The second-order valence-electron chi connectivity index (χ2n) is 5.51. The van der Waals surface area contributed by atoms with Gasteiger partial charge < -0.3 is 9.88 Å². The Morgan fingerprint density at radius 2 is 2.10 bits per heavy atom. The van der Waals surface area contributed by atoms with E-state index >= 15 is 0 Å². The lowest BCUT2D eigenvalue weighted by Crippen LogP contribution is -2.36. The fourth-order valence-corrected chi connectivity index (χ4v) is 2.93. The third kappa shape index (κ3) is 2.80. The Kier molecular flexibility index (Phi) is 3.68. The maximum Gasteiger partial charge on any atom is 0.451 e. The zero-order valence-electron chi connectivity index (χ0n) is 11.2. The van der Waals surface area contributed by atoms with Crippen LogP contribution in [0.3, 0.4) is 0 Å². The van der Waals surface area contributed by atoms with Gasteiger partial charge >= 0.3 is 6.18 Å². The fraction of sp³-hybridized carbons (Fsp3) is 0.833. The summed E-state index contributed by atoms with van der Waals surface area (Å²) in [4.78, 5) is 2.17. The average Bonchev–Trinajstić information content (AvgIpc) is 3.04. The summed E-state index contributed by atoms with van der Waals surface area (Å²) in [7, 11) is 0. The van der Waals surface area contributed by atoms with Gasteiger partial charge in [-0.15, -0.1) is 10.2 Å². The first-order valence-electron chi connectivity index (χ1n) is 6.96. The number of fused-ring (bicyclic) bond motifs is 1. The van der Waals surface area contributed by atoms with E-state index in [1.165, 1.54) is 11.0 Å². The molecule has 1 aromatic heterocycles. The molecule has 1 aromatic rings. The maximum absolute atomic E-state index is 12.7. The summed E-state index contributed by atoms with van der Waals surface area (Å²) in [6.07, 6.45) is -2.13. The van der Waals surface area contributed by atoms with Crippen molar-refractivity contribution in [1.29, 1.82) is 0 Å². The van der Waals surface area contributed by atoms with Gasteiger partial charge in [-0.25, -0.2) is 0 Å². The van der Waals surface area contributed by atoms with Gasteiger partial charge in [-0.3, -0.25) is 4.90 Å². The molecule has 2 aliphatic heterocycles. The number of halogens is 3. The highest BCUT2D eigenvalue weighted by Crippen LogP contribution is 2.29. The fourth-order valence-electron chi connectivity index (χ4n) is 2.93. The summed E-state index contributed by atoms with van der Waals surface area (Å²) in [5, 5.41) is 10.3. The Hall–Kier alpha value is -1.15. The summed E-state index contributed by atoms with van der Waals surface area (Å²) in [6, 6.07) is 0. The molecule has 1 atom stereocenters. The number of nitrogens with one attached hydrogen (secondary N) is 1. The van der Waals surface area contributed by atoms with Crippen LogP contribution in [0.4, 0.5) is 13.2 Å². The molecule has 3 heterocycles. The molecule has 20 heavy (non-hydrogen) atoms. The Balaban J connectivity index is 1.60. The van der Waals surface area contributed by atoms with Crippen molar-refractivity contribution in [3.63, 3.8) is 0 Å². The standard InChI is InChI=1S/C12H18F3N5/c13-12(14,15)11-18-17-10-8-19(5-6-20(10)11)4-2-9-1-3-16-7-9/h9,16H,1-8H2. The predicted octanol–water partition coefficient (Wildman–Crippen LogP) is 1.11. The van der Waals surface area contributed by atoms with E-state index in [0.717, 1.165) is 26.1 Å². The van der Waals surface area contributed by atoms with Crippen LogP contribution in [0.1, 0.15) is 24.5 Å². The lowest BCUT2D eigenvalue weighted by molar-refractivity contribution is -0.148. The molecule has 2 aliphatic rings. The largest absolute Gasteiger partial charge is 0.451 e. The normalized spacial score (nSPS) is 24.1. The van der Waals surface area contributed by atoms with Crippen LogP contribution >= 0.6 is 0 Å². The van der Waals surface area contributed by atoms with Gasteiger partial charge in [0.05, 0.1) is 6.54 Å². The number of hydrogen-bond donors (Lipinski definition) is 1. The van der Waals surface area contributed by atoms with E-state index in [1.54, 1.807) is 0 Å². The average molecular weight is 289 g/mol. The van der Waals surface area contributed by atoms with E-state index in [9.17, 15) is 13.2 Å². The molecule has 3 rings (SSSR count). The van der Waals surface area contributed by atoms with Crippen molar-refractivity contribution in [2.24, 2.45) is 5.92 Å². The van der Waals surface area contributed by atoms with Crippen LogP contribution in [0.25, 0.3) is 0 Å². The molecule has 5 nitrogen and oxygen atoms in total. The Morgan fingerprint density at radius 1 is 1.25 bits per heavy atom. The second kappa shape index (κ2) is 5.33. The van der Waals surface area contributed by atoms with Crippen molar-refractivity contribution in [2.45, 2.75) is 32.1 Å². The van der Waals surface area contributed by atoms with E-state index in [2.05, 4.69) is 20.4 Å². The van der Waals surface area contributed by atoms with Crippen LogP contribution in [0.5, 0.6) is 0 Å². The molecular formula is C12H18F3N5. The van der Waals surface area contributed by atoms with Crippen molar-refractivity contribution >= 4 is 0 Å². The zero-order valence-corrected chi connectivity index (χ0v) is 11.2. The predicted molar refractivity (Wildman–Crippen MR) is 65.9 cm³/mol. The van der Waals surface area contributed by atoms with E-state index in [1.807, 2.05) is 0 Å². The number of rotatable bonds is 3. The molecule has 0 saturated carbocycles. The molecule has 112 valence electrons. The van der Waals surface area contributed by atoms with Crippen molar-refractivity contribution in [2.75, 3.05) is 26.2 Å². The highest BCUT2D eigenvalue weighted by Gasteiger charge is 2.39. The van der Waals surface area contributed by atoms with Gasteiger partial charge in [-0.2, -0.15) is 13.2 Å². The minimum Gasteiger partial charge on any atom is -0.316 e. The van der Waals surface area contributed by atoms with Crippen LogP contribution < -0.4 is 5.32 Å². The van der Waals surface area contributed by atoms with Crippen LogP contribution in [-0.4, -0.2) is 45.8 Å². The zero-order chi connectivity index (χ0) is 14.2. The van der Waals surface area contributed by atoms with Crippen LogP contribution in [0.2, 0.25) is 0 Å². The van der Waals surface area contributed by atoms with Crippen molar-refractivity contribution < 1.29 is 13.2 Å². The first-order chi connectivity index (χ1) is 9.54. The SMILES string of the molecule is FC(F)(F)c1nnc2n1CCN(CCC1CCNC1)C2. The van der Waals surface area contributed by atoms with Crippen molar-refractivity contribution in [3.05, 3.63) is 11.6 Å². The molecule has 1 N–H and O–H groups in total. The molecule has 1 fully saturated rings. The molecule has 1 saturated heterocycles. The van der Waals surface area contributed by atoms with Crippen LogP contribution in [0, 0.1) is 5.92 Å². The van der Waals surface area contributed by atoms with Gasteiger partial charge in [0, 0.05) is 13.1 Å². The third-order valence-electron chi connectivity index (χ3n) is 4.10. The summed E-state index contributed by atoms with van der Waals surface area (Å²) >= 11 is 0. The summed E-state index contributed by atoms with van der Waals surface area (Å²) in [6.45, 7) is 4.47.